The molecule has 3 nitrogen and oxygen atoms in total. The first-order valence-electron chi connectivity index (χ1n) is 3.78. The first kappa shape index (κ1) is 10.7. The van der Waals surface area contributed by atoms with Crippen LogP contribution < -0.4 is 11.1 Å². The molecular formula is C7H11N3S3. The second kappa shape index (κ2) is 6.17. The fourth-order valence-corrected chi connectivity index (χ4v) is 2.39. The van der Waals surface area contributed by atoms with E-state index in [0.717, 1.165) is 18.1 Å². The van der Waals surface area contributed by atoms with Gasteiger partial charge in [0, 0.05) is 29.6 Å². The molecule has 1 aromatic heterocycles. The molecule has 1 aromatic rings. The van der Waals surface area contributed by atoms with Gasteiger partial charge in [0.2, 0.25) is 0 Å². The Labute approximate surface area is 91.1 Å². The molecule has 6 heteroatoms. The summed E-state index contributed by atoms with van der Waals surface area (Å²) >= 11 is 8.18. The third kappa shape index (κ3) is 5.07. The highest BCUT2D eigenvalue weighted by atomic mass is 32.2. The van der Waals surface area contributed by atoms with Crippen LogP contribution in [0.15, 0.2) is 11.6 Å². The van der Waals surface area contributed by atoms with Crippen LogP contribution in [0.4, 0.5) is 0 Å². The van der Waals surface area contributed by atoms with Crippen molar-refractivity contribution in [2.24, 2.45) is 5.73 Å². The normalized spacial score (nSPS) is 9.85. The first-order chi connectivity index (χ1) is 6.29. The van der Waals surface area contributed by atoms with Gasteiger partial charge in [-0.05, 0) is 12.2 Å². The van der Waals surface area contributed by atoms with Crippen molar-refractivity contribution in [1.82, 2.24) is 10.3 Å². The molecule has 0 bridgehead atoms. The number of rotatable bonds is 5. The Hall–Kier alpha value is -0.330. The molecule has 0 aliphatic heterocycles. The van der Waals surface area contributed by atoms with Crippen molar-refractivity contribution in [3.05, 3.63) is 16.6 Å². The van der Waals surface area contributed by atoms with Gasteiger partial charge in [-0.15, -0.1) is 11.3 Å². The zero-order chi connectivity index (χ0) is 9.52. The molecule has 0 fully saturated rings. The van der Waals surface area contributed by atoms with E-state index in [1.807, 2.05) is 23.3 Å². The highest BCUT2D eigenvalue weighted by Crippen LogP contribution is 2.13. The number of aromatic nitrogens is 1. The lowest BCUT2D eigenvalue weighted by molar-refractivity contribution is 0.983. The lowest BCUT2D eigenvalue weighted by Gasteiger charge is -2.01. The van der Waals surface area contributed by atoms with Crippen molar-refractivity contribution >= 4 is 40.4 Å². The molecule has 3 N–H and O–H groups in total. The summed E-state index contributed by atoms with van der Waals surface area (Å²) in [5.74, 6) is 1.97. The van der Waals surface area contributed by atoms with Crippen molar-refractivity contribution in [3.8, 4) is 0 Å². The smallest absolute Gasteiger partial charge is 0.163 e. The summed E-state index contributed by atoms with van der Waals surface area (Å²) in [6, 6.07) is 0. The van der Waals surface area contributed by atoms with Crippen LogP contribution in [0, 0.1) is 0 Å². The SMILES string of the molecule is NC(=S)NCCSCc1nccs1. The van der Waals surface area contributed by atoms with E-state index in [4.69, 9.17) is 5.73 Å². The lowest BCUT2D eigenvalue weighted by Crippen LogP contribution is -2.30. The van der Waals surface area contributed by atoms with Crippen molar-refractivity contribution in [3.63, 3.8) is 0 Å². The summed E-state index contributed by atoms with van der Waals surface area (Å²) in [4.78, 5) is 4.18. The van der Waals surface area contributed by atoms with Gasteiger partial charge in [0.25, 0.3) is 0 Å². The van der Waals surface area contributed by atoms with Gasteiger partial charge in [-0.1, -0.05) is 0 Å². The maximum Gasteiger partial charge on any atom is 0.163 e. The van der Waals surface area contributed by atoms with Gasteiger partial charge < -0.3 is 11.1 Å². The number of hydrogen-bond acceptors (Lipinski definition) is 4. The van der Waals surface area contributed by atoms with E-state index in [0.29, 0.717) is 5.11 Å². The minimum Gasteiger partial charge on any atom is -0.376 e. The standard InChI is InChI=1S/C7H11N3S3/c8-7(11)10-1-3-12-5-6-9-2-4-13-6/h2,4H,1,3,5H2,(H3,8,10,11). The third-order valence-corrected chi connectivity index (χ3v) is 3.33. The summed E-state index contributed by atoms with van der Waals surface area (Å²) in [7, 11) is 0. The van der Waals surface area contributed by atoms with Crippen LogP contribution in [0.3, 0.4) is 0 Å². The van der Waals surface area contributed by atoms with Crippen LogP contribution in [0.2, 0.25) is 0 Å². The topological polar surface area (TPSA) is 50.9 Å². The monoisotopic (exact) mass is 233 g/mol. The van der Waals surface area contributed by atoms with Crippen LogP contribution in [0.25, 0.3) is 0 Å². The Balaban J connectivity index is 1.99. The second-order valence-corrected chi connectivity index (χ2v) is 4.79. The average Bonchev–Trinajstić information content (AvgIpc) is 2.55. The van der Waals surface area contributed by atoms with Gasteiger partial charge in [0.15, 0.2) is 5.11 Å². The summed E-state index contributed by atoms with van der Waals surface area (Å²) < 4.78 is 0. The largest absolute Gasteiger partial charge is 0.376 e. The van der Waals surface area contributed by atoms with E-state index in [1.165, 1.54) is 5.01 Å². The molecule has 0 aromatic carbocycles. The van der Waals surface area contributed by atoms with Crippen LogP contribution in [-0.2, 0) is 5.75 Å². The summed E-state index contributed by atoms with van der Waals surface area (Å²) in [5.41, 5.74) is 5.27. The molecule has 0 saturated carbocycles. The van der Waals surface area contributed by atoms with Gasteiger partial charge in [-0.25, -0.2) is 4.98 Å². The third-order valence-electron chi connectivity index (χ3n) is 1.25. The molecular weight excluding hydrogens is 222 g/mol. The Morgan fingerprint density at radius 3 is 3.23 bits per heavy atom. The molecule has 0 radical (unpaired) electrons. The van der Waals surface area contributed by atoms with E-state index in [9.17, 15) is 0 Å². The summed E-state index contributed by atoms with van der Waals surface area (Å²) in [5, 5.41) is 6.42. The first-order valence-corrected chi connectivity index (χ1v) is 6.22. The fraction of sp³-hybridized carbons (Fsp3) is 0.429. The molecule has 1 heterocycles. The van der Waals surface area contributed by atoms with Gasteiger partial charge in [-0.2, -0.15) is 11.8 Å². The zero-order valence-corrected chi connectivity index (χ0v) is 9.47. The molecule has 13 heavy (non-hydrogen) atoms. The minimum absolute atomic E-state index is 0.370. The Morgan fingerprint density at radius 2 is 2.62 bits per heavy atom. The molecule has 0 unspecified atom stereocenters. The van der Waals surface area contributed by atoms with Crippen molar-refractivity contribution in [1.29, 1.82) is 0 Å². The molecule has 72 valence electrons. The lowest BCUT2D eigenvalue weighted by atomic mass is 10.7. The molecule has 0 saturated heterocycles. The van der Waals surface area contributed by atoms with Gasteiger partial charge in [-0.3, -0.25) is 0 Å². The zero-order valence-electron chi connectivity index (χ0n) is 7.03. The maximum absolute atomic E-state index is 5.27. The van der Waals surface area contributed by atoms with Crippen molar-refractivity contribution < 1.29 is 0 Å². The molecule has 0 spiro atoms. The molecule has 0 aliphatic carbocycles. The molecule has 0 aliphatic rings. The quantitative estimate of drug-likeness (QED) is 0.591. The number of nitrogens with two attached hydrogens (primary N) is 1. The summed E-state index contributed by atoms with van der Waals surface area (Å²) in [6.45, 7) is 0.825. The number of hydrogen-bond donors (Lipinski definition) is 2. The summed E-state index contributed by atoms with van der Waals surface area (Å²) in [6.07, 6.45) is 1.83. The van der Waals surface area contributed by atoms with Crippen LogP contribution in [-0.4, -0.2) is 22.4 Å². The number of thiocarbonyl (C=S) groups is 1. The Kier molecular flexibility index (Phi) is 5.10. The highest BCUT2D eigenvalue weighted by molar-refractivity contribution is 7.98. The van der Waals surface area contributed by atoms with E-state index < -0.39 is 0 Å². The van der Waals surface area contributed by atoms with Gasteiger partial charge in [0.05, 0.1) is 0 Å². The fourth-order valence-electron chi connectivity index (χ4n) is 0.730. The Morgan fingerprint density at radius 1 is 1.77 bits per heavy atom. The van der Waals surface area contributed by atoms with Crippen LogP contribution in [0.5, 0.6) is 0 Å². The van der Waals surface area contributed by atoms with Gasteiger partial charge in [0.1, 0.15) is 5.01 Å². The predicted octanol–water partition coefficient (Wildman–Crippen LogP) is 1.21. The van der Waals surface area contributed by atoms with E-state index in [1.54, 1.807) is 11.3 Å². The van der Waals surface area contributed by atoms with E-state index in [-0.39, 0.29) is 0 Å². The number of nitrogens with one attached hydrogen (secondary N) is 1. The second-order valence-electron chi connectivity index (χ2n) is 2.27. The number of nitrogens with zero attached hydrogens (tertiary/aromatic N) is 1. The molecule has 0 atom stereocenters. The van der Waals surface area contributed by atoms with E-state index >= 15 is 0 Å². The van der Waals surface area contributed by atoms with E-state index in [2.05, 4.69) is 22.5 Å². The van der Waals surface area contributed by atoms with Crippen LogP contribution in [0.1, 0.15) is 5.01 Å². The van der Waals surface area contributed by atoms with Crippen LogP contribution >= 0.6 is 35.3 Å². The minimum atomic E-state index is 0.370. The predicted molar refractivity (Wildman–Crippen MR) is 63.1 cm³/mol. The Bertz CT molecular complexity index is 247. The number of thiazole rings is 1. The molecule has 0 amide bonds. The van der Waals surface area contributed by atoms with Crippen molar-refractivity contribution in [2.75, 3.05) is 12.3 Å². The maximum atomic E-state index is 5.27. The van der Waals surface area contributed by atoms with Crippen molar-refractivity contribution in [2.45, 2.75) is 5.75 Å². The number of thioether (sulfide) groups is 1. The molecule has 1 rings (SSSR count). The van der Waals surface area contributed by atoms with Gasteiger partial charge >= 0.3 is 0 Å². The average molecular weight is 233 g/mol. The highest BCUT2D eigenvalue weighted by Gasteiger charge is 1.95.